The fourth-order valence-corrected chi connectivity index (χ4v) is 3.31. The lowest BCUT2D eigenvalue weighted by molar-refractivity contribution is -0.274. The van der Waals surface area contributed by atoms with Crippen molar-refractivity contribution in [3.05, 3.63) is 41.1 Å². The normalized spacial score (nSPS) is 19.2. The molecule has 0 spiro atoms. The summed E-state index contributed by atoms with van der Waals surface area (Å²) in [6.45, 7) is 4.12. The fraction of sp³-hybridized carbons (Fsp3) is 0.429. The van der Waals surface area contributed by atoms with Gasteiger partial charge < -0.3 is 20.5 Å². The summed E-state index contributed by atoms with van der Waals surface area (Å²) in [4.78, 5) is 8.41. The molecule has 2 aromatic rings. The van der Waals surface area contributed by atoms with Gasteiger partial charge in [-0.2, -0.15) is 15.5 Å². The molecule has 1 aliphatic carbocycles. The van der Waals surface area contributed by atoms with Gasteiger partial charge >= 0.3 is 6.36 Å². The first kappa shape index (κ1) is 23.1. The Bertz CT molecular complexity index is 1070. The van der Waals surface area contributed by atoms with E-state index in [0.29, 0.717) is 24.2 Å². The van der Waals surface area contributed by atoms with Crippen LogP contribution in [0.5, 0.6) is 5.75 Å². The highest BCUT2D eigenvalue weighted by molar-refractivity contribution is 5.54. The maximum atomic E-state index is 12.5. The average molecular weight is 446 g/mol. The SMILES string of the molecule is CC1(C)C(O)CC1Nc1nc(NCCc2ccc(C#N)c(OC(F)(F)F)c2)ncc1C#N. The summed E-state index contributed by atoms with van der Waals surface area (Å²) in [5.74, 6) is 0.0303. The Morgan fingerprint density at radius 2 is 1.97 bits per heavy atom. The van der Waals surface area contributed by atoms with E-state index in [1.807, 2.05) is 19.9 Å². The predicted octanol–water partition coefficient (Wildman–Crippen LogP) is 3.34. The van der Waals surface area contributed by atoms with Crippen LogP contribution in [0.1, 0.15) is 37.0 Å². The van der Waals surface area contributed by atoms with Crippen LogP contribution < -0.4 is 15.4 Å². The molecule has 168 valence electrons. The van der Waals surface area contributed by atoms with E-state index in [1.165, 1.54) is 18.3 Å². The summed E-state index contributed by atoms with van der Waals surface area (Å²) < 4.78 is 41.6. The number of nitrogens with zero attached hydrogens (tertiary/aromatic N) is 4. The molecular weight excluding hydrogens is 425 g/mol. The van der Waals surface area contributed by atoms with Crippen LogP contribution in [0, 0.1) is 28.1 Å². The van der Waals surface area contributed by atoms with E-state index < -0.39 is 18.2 Å². The minimum atomic E-state index is -4.90. The summed E-state index contributed by atoms with van der Waals surface area (Å²) in [5, 5.41) is 34.3. The molecule has 1 aliphatic rings. The number of ether oxygens (including phenoxy) is 1. The van der Waals surface area contributed by atoms with Crippen LogP contribution in [-0.4, -0.2) is 40.1 Å². The first-order valence-electron chi connectivity index (χ1n) is 9.78. The highest BCUT2D eigenvalue weighted by atomic mass is 19.4. The first-order valence-corrected chi connectivity index (χ1v) is 9.78. The molecule has 1 aromatic carbocycles. The maximum Gasteiger partial charge on any atom is 0.573 e. The van der Waals surface area contributed by atoms with Crippen molar-refractivity contribution in [2.75, 3.05) is 17.2 Å². The number of aromatic nitrogens is 2. The number of rotatable bonds is 7. The van der Waals surface area contributed by atoms with Gasteiger partial charge in [-0.1, -0.05) is 19.9 Å². The molecular formula is C21H21F3N6O2. The predicted molar refractivity (Wildman–Crippen MR) is 109 cm³/mol. The average Bonchev–Trinajstić information content (AvgIpc) is 2.73. The summed E-state index contributed by atoms with van der Waals surface area (Å²) in [6.07, 6.45) is -3.12. The van der Waals surface area contributed by atoms with Crippen molar-refractivity contribution in [3.63, 3.8) is 0 Å². The van der Waals surface area contributed by atoms with E-state index >= 15 is 0 Å². The van der Waals surface area contributed by atoms with Gasteiger partial charge in [0.15, 0.2) is 0 Å². The van der Waals surface area contributed by atoms with E-state index in [0.717, 1.165) is 0 Å². The van der Waals surface area contributed by atoms with Crippen LogP contribution >= 0.6 is 0 Å². The smallest absolute Gasteiger partial charge is 0.404 e. The summed E-state index contributed by atoms with van der Waals surface area (Å²) >= 11 is 0. The van der Waals surface area contributed by atoms with Gasteiger partial charge in [0.1, 0.15) is 29.3 Å². The Balaban J connectivity index is 1.66. The number of nitrogens with one attached hydrogen (secondary N) is 2. The topological polar surface area (TPSA) is 127 Å². The minimum Gasteiger partial charge on any atom is -0.404 e. The molecule has 2 unspecified atom stereocenters. The van der Waals surface area contributed by atoms with Crippen LogP contribution in [0.2, 0.25) is 0 Å². The van der Waals surface area contributed by atoms with Crippen molar-refractivity contribution < 1.29 is 23.0 Å². The molecule has 1 aromatic heterocycles. The number of halogens is 3. The second-order valence-electron chi connectivity index (χ2n) is 8.00. The summed E-state index contributed by atoms with van der Waals surface area (Å²) in [7, 11) is 0. The number of benzene rings is 1. The molecule has 0 saturated heterocycles. The van der Waals surface area contributed by atoms with Crippen molar-refractivity contribution >= 4 is 11.8 Å². The number of alkyl halides is 3. The van der Waals surface area contributed by atoms with Gasteiger partial charge in [-0.15, -0.1) is 13.2 Å². The van der Waals surface area contributed by atoms with Gasteiger partial charge in [-0.3, -0.25) is 0 Å². The van der Waals surface area contributed by atoms with Gasteiger partial charge in [0.2, 0.25) is 5.95 Å². The molecule has 1 fully saturated rings. The third-order valence-corrected chi connectivity index (χ3v) is 5.53. The van der Waals surface area contributed by atoms with Crippen molar-refractivity contribution in [2.24, 2.45) is 5.41 Å². The standard InChI is InChI=1S/C21H21F3N6O2/c1-20(2)16(8-17(20)31)29-18-14(10-26)11-28-19(30-18)27-6-5-12-3-4-13(9-25)15(7-12)32-21(22,23)24/h3-4,7,11,16-17,31H,5-6,8H2,1-2H3,(H2,27,28,29,30). The van der Waals surface area contributed by atoms with Crippen LogP contribution in [0.15, 0.2) is 24.4 Å². The lowest BCUT2D eigenvalue weighted by Gasteiger charge is -2.49. The minimum absolute atomic E-state index is 0.0574. The van der Waals surface area contributed by atoms with Crippen LogP contribution in [0.3, 0.4) is 0 Å². The molecule has 32 heavy (non-hydrogen) atoms. The van der Waals surface area contributed by atoms with E-state index in [9.17, 15) is 23.5 Å². The number of hydrogen-bond acceptors (Lipinski definition) is 8. The Kier molecular flexibility index (Phi) is 6.42. The second-order valence-corrected chi connectivity index (χ2v) is 8.00. The monoisotopic (exact) mass is 446 g/mol. The van der Waals surface area contributed by atoms with Gasteiger partial charge in [0, 0.05) is 18.0 Å². The van der Waals surface area contributed by atoms with Gasteiger partial charge in [-0.25, -0.2) is 4.98 Å². The van der Waals surface area contributed by atoms with Crippen LogP contribution in [0.25, 0.3) is 0 Å². The number of nitriles is 2. The first-order chi connectivity index (χ1) is 15.0. The molecule has 0 bridgehead atoms. The Morgan fingerprint density at radius 3 is 2.56 bits per heavy atom. The molecule has 1 saturated carbocycles. The molecule has 8 nitrogen and oxygen atoms in total. The lowest BCUT2D eigenvalue weighted by atomic mass is 9.64. The fourth-order valence-electron chi connectivity index (χ4n) is 3.31. The van der Waals surface area contributed by atoms with Crippen molar-refractivity contribution in [3.8, 4) is 17.9 Å². The zero-order chi connectivity index (χ0) is 23.5. The molecule has 0 radical (unpaired) electrons. The molecule has 2 atom stereocenters. The maximum absolute atomic E-state index is 12.5. The molecule has 0 aliphatic heterocycles. The van der Waals surface area contributed by atoms with E-state index in [4.69, 9.17) is 5.26 Å². The molecule has 3 N–H and O–H groups in total. The Hall–Kier alpha value is -3.57. The Morgan fingerprint density at radius 1 is 1.25 bits per heavy atom. The van der Waals surface area contributed by atoms with Crippen LogP contribution in [0.4, 0.5) is 24.9 Å². The third-order valence-electron chi connectivity index (χ3n) is 5.53. The van der Waals surface area contributed by atoms with Gasteiger partial charge in [0.05, 0.1) is 17.9 Å². The summed E-state index contributed by atoms with van der Waals surface area (Å²) in [6, 6.07) is 7.62. The van der Waals surface area contributed by atoms with E-state index in [1.54, 1.807) is 12.1 Å². The quantitative estimate of drug-likeness (QED) is 0.591. The highest BCUT2D eigenvalue weighted by Crippen LogP contribution is 2.42. The van der Waals surface area contributed by atoms with Gasteiger partial charge in [0.25, 0.3) is 0 Å². The summed E-state index contributed by atoms with van der Waals surface area (Å²) in [5.41, 5.74) is 0.202. The lowest BCUT2D eigenvalue weighted by Crippen LogP contribution is -2.57. The Labute approximate surface area is 182 Å². The largest absolute Gasteiger partial charge is 0.573 e. The van der Waals surface area contributed by atoms with Crippen molar-refractivity contribution in [1.29, 1.82) is 10.5 Å². The molecule has 11 heteroatoms. The van der Waals surface area contributed by atoms with Crippen molar-refractivity contribution in [1.82, 2.24) is 9.97 Å². The number of aliphatic hydroxyl groups excluding tert-OH is 1. The molecule has 0 amide bonds. The molecule has 1 heterocycles. The van der Waals surface area contributed by atoms with Gasteiger partial charge in [-0.05, 0) is 30.5 Å². The van der Waals surface area contributed by atoms with Crippen LogP contribution in [-0.2, 0) is 6.42 Å². The second kappa shape index (κ2) is 8.89. The number of aliphatic hydroxyl groups is 1. The number of anilines is 2. The third kappa shape index (κ3) is 5.18. The zero-order valence-corrected chi connectivity index (χ0v) is 17.4. The zero-order valence-electron chi connectivity index (χ0n) is 17.4. The van der Waals surface area contributed by atoms with E-state index in [-0.39, 0.29) is 35.1 Å². The van der Waals surface area contributed by atoms with Crippen molar-refractivity contribution in [2.45, 2.75) is 45.2 Å². The highest BCUT2D eigenvalue weighted by Gasteiger charge is 2.47. The molecule has 3 rings (SSSR count). The number of hydrogen-bond donors (Lipinski definition) is 3. The van der Waals surface area contributed by atoms with E-state index in [2.05, 4.69) is 25.3 Å².